The summed E-state index contributed by atoms with van der Waals surface area (Å²) >= 11 is 6.19. The number of rotatable bonds is 8. The van der Waals surface area contributed by atoms with Crippen molar-refractivity contribution in [2.45, 2.75) is 26.0 Å². The maximum Gasteiger partial charge on any atom is 0.289 e. The molecule has 172 valence electrons. The zero-order chi connectivity index (χ0) is 23.5. The molecule has 2 atom stereocenters. The summed E-state index contributed by atoms with van der Waals surface area (Å²) in [7, 11) is -3.30. The summed E-state index contributed by atoms with van der Waals surface area (Å²) in [5, 5.41) is 3.56. The molecule has 1 aromatic heterocycles. The summed E-state index contributed by atoms with van der Waals surface area (Å²) in [6, 6.07) is 3.97. The van der Waals surface area contributed by atoms with Crippen molar-refractivity contribution >= 4 is 27.3 Å². The molecule has 0 aliphatic carbocycles. The van der Waals surface area contributed by atoms with Crippen LogP contribution in [0.4, 0.5) is 4.39 Å². The van der Waals surface area contributed by atoms with Gasteiger partial charge in [-0.1, -0.05) is 36.7 Å². The zero-order valence-corrected chi connectivity index (χ0v) is 19.3. The van der Waals surface area contributed by atoms with Crippen molar-refractivity contribution in [3.05, 3.63) is 64.3 Å². The molecule has 2 aromatic rings. The van der Waals surface area contributed by atoms with E-state index in [-0.39, 0.29) is 16.6 Å². The molecule has 1 amide bonds. The standard InChI is InChI=1S/C21H23ClFN3O5S/c1-13(7-8-32(3,28)29)26-20(27)19-24-9-14(10-25-19)31-18(21(2)11-30-12-21)15-5-4-6-16(23)17(15)22/h4-10,13,18H,11-12H2,1-3H3,(H,26,27)/b8-7+/t13-,18+/m1/s1. The summed E-state index contributed by atoms with van der Waals surface area (Å²) in [4.78, 5) is 20.3. The van der Waals surface area contributed by atoms with Gasteiger partial charge >= 0.3 is 0 Å². The van der Waals surface area contributed by atoms with Crippen molar-refractivity contribution in [1.82, 2.24) is 15.3 Å². The van der Waals surface area contributed by atoms with Crippen molar-refractivity contribution in [2.24, 2.45) is 5.41 Å². The van der Waals surface area contributed by atoms with Crippen molar-refractivity contribution in [1.29, 1.82) is 0 Å². The number of carbonyl (C=O) groups excluding carboxylic acids is 1. The van der Waals surface area contributed by atoms with E-state index in [0.717, 1.165) is 11.7 Å². The third-order valence-corrected chi connectivity index (χ3v) is 5.87. The van der Waals surface area contributed by atoms with Crippen LogP contribution in [-0.4, -0.2) is 49.8 Å². The van der Waals surface area contributed by atoms with Gasteiger partial charge in [0.15, 0.2) is 15.6 Å². The third kappa shape index (κ3) is 5.81. The van der Waals surface area contributed by atoms with E-state index in [4.69, 9.17) is 21.1 Å². The van der Waals surface area contributed by atoms with Crippen molar-refractivity contribution in [3.8, 4) is 5.75 Å². The highest BCUT2D eigenvalue weighted by Crippen LogP contribution is 2.45. The summed E-state index contributed by atoms with van der Waals surface area (Å²) in [6.45, 7) is 4.37. The molecular formula is C21H23ClFN3O5S. The summed E-state index contributed by atoms with van der Waals surface area (Å²) in [5.41, 5.74) is 0.0419. The fraction of sp³-hybridized carbons (Fsp3) is 0.381. The SMILES string of the molecule is C[C@H](/C=C/S(C)(=O)=O)NC(=O)c1ncc(O[C@@H](c2cccc(F)c2Cl)C2(C)COC2)cn1. The van der Waals surface area contributed by atoms with Gasteiger partial charge in [0.2, 0.25) is 5.82 Å². The molecule has 1 aliphatic rings. The molecule has 1 aromatic carbocycles. The highest BCUT2D eigenvalue weighted by Gasteiger charge is 2.45. The van der Waals surface area contributed by atoms with E-state index >= 15 is 0 Å². The fourth-order valence-corrected chi connectivity index (χ4v) is 3.84. The number of benzene rings is 1. The van der Waals surface area contributed by atoms with Crippen molar-refractivity contribution in [2.75, 3.05) is 19.5 Å². The Bertz CT molecular complexity index is 1120. The number of nitrogens with one attached hydrogen (secondary N) is 1. The Hall–Kier alpha value is -2.56. The van der Waals surface area contributed by atoms with Gasteiger partial charge in [0.05, 0.1) is 36.0 Å². The molecule has 0 bridgehead atoms. The topological polar surface area (TPSA) is 107 Å². The normalized spacial score (nSPS) is 17.4. The van der Waals surface area contributed by atoms with Crippen LogP contribution in [0.2, 0.25) is 5.02 Å². The van der Waals surface area contributed by atoms with Crippen LogP contribution in [0.3, 0.4) is 0 Å². The number of sulfone groups is 1. The number of hydrogen-bond donors (Lipinski definition) is 1. The van der Waals surface area contributed by atoms with E-state index in [9.17, 15) is 17.6 Å². The molecule has 8 nitrogen and oxygen atoms in total. The molecular weight excluding hydrogens is 461 g/mol. The van der Waals surface area contributed by atoms with E-state index in [0.29, 0.717) is 18.8 Å². The van der Waals surface area contributed by atoms with Crippen LogP contribution < -0.4 is 10.1 Å². The molecule has 1 N–H and O–H groups in total. The number of amides is 1. The van der Waals surface area contributed by atoms with Gasteiger partial charge in [0, 0.05) is 23.3 Å². The first-order valence-electron chi connectivity index (χ1n) is 9.68. The first-order valence-corrected chi connectivity index (χ1v) is 12.0. The van der Waals surface area contributed by atoms with E-state index in [2.05, 4.69) is 15.3 Å². The molecule has 0 saturated carbocycles. The van der Waals surface area contributed by atoms with Crippen molar-refractivity contribution in [3.63, 3.8) is 0 Å². The molecule has 1 fully saturated rings. The predicted octanol–water partition coefficient (Wildman–Crippen LogP) is 3.10. The minimum Gasteiger partial charge on any atom is -0.482 e. The second-order valence-corrected chi connectivity index (χ2v) is 10.3. The Morgan fingerprint density at radius 1 is 1.34 bits per heavy atom. The van der Waals surface area contributed by atoms with Crippen LogP contribution in [0.25, 0.3) is 0 Å². The number of nitrogens with zero attached hydrogens (tertiary/aromatic N) is 2. The van der Waals surface area contributed by atoms with Gasteiger partial charge in [0.1, 0.15) is 11.9 Å². The Balaban J connectivity index is 1.75. The number of halogens is 2. The van der Waals surface area contributed by atoms with Crippen LogP contribution >= 0.6 is 11.6 Å². The highest BCUT2D eigenvalue weighted by atomic mass is 35.5. The maximum absolute atomic E-state index is 14.0. The minimum absolute atomic E-state index is 0.0290. The van der Waals surface area contributed by atoms with Gasteiger partial charge in [-0.3, -0.25) is 4.79 Å². The first-order chi connectivity index (χ1) is 15.0. The van der Waals surface area contributed by atoms with Crippen LogP contribution in [0.5, 0.6) is 5.75 Å². The lowest BCUT2D eigenvalue weighted by molar-refractivity contribution is -0.155. The Morgan fingerprint density at radius 3 is 2.56 bits per heavy atom. The summed E-state index contributed by atoms with van der Waals surface area (Å²) in [5.74, 6) is -0.976. The van der Waals surface area contributed by atoms with Gasteiger partial charge in [-0.05, 0) is 13.0 Å². The second kappa shape index (κ2) is 9.51. The molecule has 0 radical (unpaired) electrons. The Kier molecular flexibility index (Phi) is 7.16. The Morgan fingerprint density at radius 2 is 2.00 bits per heavy atom. The average Bonchev–Trinajstić information content (AvgIpc) is 2.71. The highest BCUT2D eigenvalue weighted by molar-refractivity contribution is 7.93. The predicted molar refractivity (Wildman–Crippen MR) is 117 cm³/mol. The number of carbonyl (C=O) groups is 1. The average molecular weight is 484 g/mol. The number of hydrogen-bond acceptors (Lipinski definition) is 7. The van der Waals surface area contributed by atoms with E-state index in [1.165, 1.54) is 24.5 Å². The molecule has 1 saturated heterocycles. The quantitative estimate of drug-likeness (QED) is 0.614. The monoisotopic (exact) mass is 483 g/mol. The van der Waals surface area contributed by atoms with Gasteiger partial charge in [0.25, 0.3) is 5.91 Å². The lowest BCUT2D eigenvalue weighted by atomic mass is 9.79. The largest absolute Gasteiger partial charge is 0.482 e. The lowest BCUT2D eigenvalue weighted by Gasteiger charge is -2.44. The van der Waals surface area contributed by atoms with Gasteiger partial charge < -0.3 is 14.8 Å². The molecule has 0 unspecified atom stereocenters. The van der Waals surface area contributed by atoms with Crippen molar-refractivity contribution < 1.29 is 27.1 Å². The van der Waals surface area contributed by atoms with Gasteiger partial charge in [-0.15, -0.1) is 0 Å². The molecule has 3 rings (SSSR count). The van der Waals surface area contributed by atoms with Crippen LogP contribution in [0, 0.1) is 11.2 Å². The smallest absolute Gasteiger partial charge is 0.289 e. The molecule has 11 heteroatoms. The zero-order valence-electron chi connectivity index (χ0n) is 17.7. The summed E-state index contributed by atoms with van der Waals surface area (Å²) in [6.07, 6.45) is 4.45. The summed E-state index contributed by atoms with van der Waals surface area (Å²) < 4.78 is 47.8. The van der Waals surface area contributed by atoms with Gasteiger partial charge in [-0.25, -0.2) is 22.8 Å². The lowest BCUT2D eigenvalue weighted by Crippen LogP contribution is -2.46. The number of aromatic nitrogens is 2. The third-order valence-electron chi connectivity index (χ3n) is 4.82. The van der Waals surface area contributed by atoms with E-state index < -0.39 is 39.1 Å². The molecule has 32 heavy (non-hydrogen) atoms. The van der Waals surface area contributed by atoms with Crippen LogP contribution in [0.15, 0.2) is 42.1 Å². The molecule has 0 spiro atoms. The molecule has 1 aliphatic heterocycles. The first kappa shape index (κ1) is 24.1. The maximum atomic E-state index is 14.0. The minimum atomic E-state index is -3.30. The van der Waals surface area contributed by atoms with Crippen LogP contribution in [0.1, 0.15) is 36.1 Å². The number of ether oxygens (including phenoxy) is 2. The second-order valence-electron chi connectivity index (χ2n) is 7.95. The van der Waals surface area contributed by atoms with E-state index in [1.54, 1.807) is 19.1 Å². The van der Waals surface area contributed by atoms with E-state index in [1.807, 2.05) is 6.92 Å². The van der Waals surface area contributed by atoms with Gasteiger partial charge in [-0.2, -0.15) is 0 Å². The Labute approximate surface area is 190 Å². The molecule has 2 heterocycles. The fourth-order valence-electron chi connectivity index (χ4n) is 3.09. The van der Waals surface area contributed by atoms with Crippen LogP contribution in [-0.2, 0) is 14.6 Å².